The van der Waals surface area contributed by atoms with E-state index in [4.69, 9.17) is 21.8 Å². The number of carboxylic acids is 1. The molecule has 0 saturated carbocycles. The summed E-state index contributed by atoms with van der Waals surface area (Å²) in [5.41, 5.74) is 0.826. The minimum Gasteiger partial charge on any atom is -0.479 e. The number of amides is 1. The highest BCUT2D eigenvalue weighted by Crippen LogP contribution is 2.26. The van der Waals surface area contributed by atoms with E-state index in [0.29, 0.717) is 9.90 Å². The maximum atomic E-state index is 11.6. The average molecular weight is 278 g/mol. The Kier molecular flexibility index (Phi) is 4.92. The minimum atomic E-state index is -1.46. The van der Waals surface area contributed by atoms with E-state index in [0.717, 1.165) is 5.56 Å². The molecule has 7 heteroatoms. The van der Waals surface area contributed by atoms with E-state index < -0.39 is 12.1 Å². The predicted octanol–water partition coefficient (Wildman–Crippen LogP) is 1.28. The Bertz CT molecular complexity index is 432. The fourth-order valence-electron chi connectivity index (χ4n) is 1.11. The van der Waals surface area contributed by atoms with E-state index >= 15 is 0 Å². The van der Waals surface area contributed by atoms with Gasteiger partial charge >= 0.3 is 5.97 Å². The molecule has 1 aromatic rings. The maximum Gasteiger partial charge on any atom is 0.332 e. The fourth-order valence-corrected chi connectivity index (χ4v) is 2.30. The van der Waals surface area contributed by atoms with Gasteiger partial charge in [0, 0.05) is 13.0 Å². The molecule has 0 aliphatic heterocycles. The number of aliphatic hydroxyl groups is 1. The van der Waals surface area contributed by atoms with Crippen molar-refractivity contribution in [2.45, 2.75) is 19.4 Å². The lowest BCUT2D eigenvalue weighted by molar-refractivity contribution is -0.146. The van der Waals surface area contributed by atoms with Crippen LogP contribution in [0.4, 0.5) is 0 Å². The highest BCUT2D eigenvalue weighted by molar-refractivity contribution is 7.13. The van der Waals surface area contributed by atoms with Gasteiger partial charge in [0.05, 0.1) is 5.02 Å². The number of halogens is 1. The Hall–Kier alpha value is -1.11. The Labute approximate surface area is 107 Å². The number of carboxylic acid groups (broad SMARTS) is 1. The van der Waals surface area contributed by atoms with Crippen molar-refractivity contribution in [2.24, 2.45) is 0 Å². The molecule has 0 fully saturated rings. The van der Waals surface area contributed by atoms with Gasteiger partial charge in [0.15, 0.2) is 6.10 Å². The van der Waals surface area contributed by atoms with Gasteiger partial charge in [-0.2, -0.15) is 0 Å². The average Bonchev–Trinajstić information content (AvgIpc) is 2.59. The quantitative estimate of drug-likeness (QED) is 0.757. The zero-order valence-electron chi connectivity index (χ0n) is 9.07. The molecule has 1 unspecified atom stereocenters. The summed E-state index contributed by atoms with van der Waals surface area (Å²) >= 11 is 7.13. The summed E-state index contributed by atoms with van der Waals surface area (Å²) in [7, 11) is 0. The third kappa shape index (κ3) is 3.69. The van der Waals surface area contributed by atoms with Crippen LogP contribution >= 0.6 is 22.9 Å². The van der Waals surface area contributed by atoms with Gasteiger partial charge < -0.3 is 15.5 Å². The first kappa shape index (κ1) is 14.0. The fraction of sp³-hybridized carbons (Fsp3) is 0.400. The lowest BCUT2D eigenvalue weighted by Gasteiger charge is -2.06. The first-order chi connectivity index (χ1) is 7.93. The Morgan fingerprint density at radius 2 is 2.24 bits per heavy atom. The van der Waals surface area contributed by atoms with Gasteiger partial charge in [-0.3, -0.25) is 4.79 Å². The van der Waals surface area contributed by atoms with Crippen LogP contribution in [-0.2, 0) is 4.79 Å². The molecule has 1 rings (SSSR count). The summed E-state index contributed by atoms with van der Waals surface area (Å²) < 4.78 is 0. The van der Waals surface area contributed by atoms with Crippen LogP contribution in [0.1, 0.15) is 21.7 Å². The number of aryl methyl sites for hydroxylation is 1. The first-order valence-corrected chi connectivity index (χ1v) is 6.12. The van der Waals surface area contributed by atoms with Crippen LogP contribution in [-0.4, -0.2) is 34.7 Å². The van der Waals surface area contributed by atoms with Gasteiger partial charge in [-0.05, 0) is 17.9 Å². The molecule has 0 aliphatic carbocycles. The normalized spacial score (nSPS) is 12.2. The van der Waals surface area contributed by atoms with Crippen molar-refractivity contribution in [1.82, 2.24) is 5.32 Å². The summed E-state index contributed by atoms with van der Waals surface area (Å²) in [5.74, 6) is -1.66. The number of aliphatic carboxylic acids is 1. The lowest BCUT2D eigenvalue weighted by Crippen LogP contribution is -2.29. The van der Waals surface area contributed by atoms with Crippen molar-refractivity contribution >= 4 is 34.8 Å². The molecule has 94 valence electrons. The van der Waals surface area contributed by atoms with Crippen LogP contribution < -0.4 is 5.32 Å². The minimum absolute atomic E-state index is 0.0386. The zero-order chi connectivity index (χ0) is 13.0. The SMILES string of the molecule is Cc1csc(C(=O)NCCC(O)C(=O)O)c1Cl. The largest absolute Gasteiger partial charge is 0.479 e. The number of thiophene rings is 1. The van der Waals surface area contributed by atoms with Crippen molar-refractivity contribution < 1.29 is 19.8 Å². The number of hydrogen-bond acceptors (Lipinski definition) is 4. The topological polar surface area (TPSA) is 86.6 Å². The van der Waals surface area contributed by atoms with E-state index in [1.165, 1.54) is 11.3 Å². The molecule has 0 bridgehead atoms. The van der Waals surface area contributed by atoms with Crippen molar-refractivity contribution in [3.8, 4) is 0 Å². The van der Waals surface area contributed by atoms with Crippen molar-refractivity contribution in [3.05, 3.63) is 20.8 Å². The van der Waals surface area contributed by atoms with Gasteiger partial charge in [0.25, 0.3) is 5.91 Å². The van der Waals surface area contributed by atoms with Crippen LogP contribution in [0.5, 0.6) is 0 Å². The summed E-state index contributed by atoms with van der Waals surface area (Å²) in [6, 6.07) is 0. The first-order valence-electron chi connectivity index (χ1n) is 4.86. The van der Waals surface area contributed by atoms with Crippen LogP contribution in [0.15, 0.2) is 5.38 Å². The molecule has 0 aromatic carbocycles. The van der Waals surface area contributed by atoms with Crippen LogP contribution in [0, 0.1) is 6.92 Å². The number of carbonyl (C=O) groups is 2. The lowest BCUT2D eigenvalue weighted by atomic mass is 10.2. The molecule has 0 spiro atoms. The highest BCUT2D eigenvalue weighted by Gasteiger charge is 2.16. The summed E-state index contributed by atoms with van der Waals surface area (Å²) in [4.78, 5) is 22.3. The molecule has 5 nitrogen and oxygen atoms in total. The Morgan fingerprint density at radius 1 is 1.59 bits per heavy atom. The van der Waals surface area contributed by atoms with E-state index in [-0.39, 0.29) is 18.9 Å². The van der Waals surface area contributed by atoms with Gasteiger partial charge in [-0.25, -0.2) is 4.79 Å². The molecule has 1 amide bonds. The molecular formula is C10H12ClNO4S. The molecule has 1 aromatic heterocycles. The third-order valence-electron chi connectivity index (χ3n) is 2.09. The number of aliphatic hydroxyl groups excluding tert-OH is 1. The number of hydrogen-bond donors (Lipinski definition) is 3. The summed E-state index contributed by atoms with van der Waals surface area (Å²) in [5, 5.41) is 22.1. The smallest absolute Gasteiger partial charge is 0.332 e. The van der Waals surface area contributed by atoms with Gasteiger partial charge in [-0.15, -0.1) is 11.3 Å². The molecule has 0 saturated heterocycles. The molecule has 1 heterocycles. The monoisotopic (exact) mass is 277 g/mol. The second-order valence-corrected chi connectivity index (χ2v) is 4.72. The Balaban J connectivity index is 2.46. The van der Waals surface area contributed by atoms with Crippen LogP contribution in [0.25, 0.3) is 0 Å². The van der Waals surface area contributed by atoms with Crippen LogP contribution in [0.2, 0.25) is 5.02 Å². The number of carbonyl (C=O) groups excluding carboxylic acids is 1. The molecule has 17 heavy (non-hydrogen) atoms. The highest BCUT2D eigenvalue weighted by atomic mass is 35.5. The van der Waals surface area contributed by atoms with E-state index in [2.05, 4.69) is 5.32 Å². The van der Waals surface area contributed by atoms with E-state index in [1.807, 2.05) is 0 Å². The van der Waals surface area contributed by atoms with Crippen LogP contribution in [0.3, 0.4) is 0 Å². The Morgan fingerprint density at radius 3 is 2.71 bits per heavy atom. The van der Waals surface area contributed by atoms with Crippen molar-refractivity contribution in [2.75, 3.05) is 6.54 Å². The van der Waals surface area contributed by atoms with E-state index in [1.54, 1.807) is 12.3 Å². The van der Waals surface area contributed by atoms with Gasteiger partial charge in [0.2, 0.25) is 0 Å². The second-order valence-electron chi connectivity index (χ2n) is 3.46. The summed E-state index contributed by atoms with van der Waals surface area (Å²) in [6.45, 7) is 1.88. The number of nitrogens with one attached hydrogen (secondary N) is 1. The zero-order valence-corrected chi connectivity index (χ0v) is 10.6. The molecule has 0 aliphatic rings. The maximum absolute atomic E-state index is 11.6. The van der Waals surface area contributed by atoms with E-state index in [9.17, 15) is 9.59 Å². The predicted molar refractivity (Wildman–Crippen MR) is 64.7 cm³/mol. The molecule has 0 radical (unpaired) electrons. The number of rotatable bonds is 5. The van der Waals surface area contributed by atoms with Crippen molar-refractivity contribution in [1.29, 1.82) is 0 Å². The molecule has 3 N–H and O–H groups in total. The van der Waals surface area contributed by atoms with Gasteiger partial charge in [0.1, 0.15) is 4.88 Å². The standard InChI is InChI=1S/C10H12ClNO4S/c1-5-4-17-8(7(5)11)9(14)12-3-2-6(13)10(15)16/h4,6,13H,2-3H2,1H3,(H,12,14)(H,15,16). The third-order valence-corrected chi connectivity index (χ3v) is 3.79. The summed E-state index contributed by atoms with van der Waals surface area (Å²) in [6.07, 6.45) is -1.50. The second kappa shape index (κ2) is 6.00. The molecule has 1 atom stereocenters. The van der Waals surface area contributed by atoms with Crippen molar-refractivity contribution in [3.63, 3.8) is 0 Å². The van der Waals surface area contributed by atoms with Gasteiger partial charge in [-0.1, -0.05) is 11.6 Å². The molecular weight excluding hydrogens is 266 g/mol.